The van der Waals surface area contributed by atoms with Gasteiger partial charge >= 0.3 is 12.1 Å². The summed E-state index contributed by atoms with van der Waals surface area (Å²) >= 11 is 0. The topological polar surface area (TPSA) is 84.9 Å². The van der Waals surface area contributed by atoms with Crippen LogP contribution in [0, 0.1) is 0 Å². The average Bonchev–Trinajstić information content (AvgIpc) is 2.58. The van der Waals surface area contributed by atoms with Gasteiger partial charge in [-0.25, -0.2) is 4.79 Å². The number of rotatable bonds is 8. The van der Waals surface area contributed by atoms with Crippen molar-refractivity contribution < 1.29 is 23.9 Å². The first-order valence-corrected chi connectivity index (χ1v) is 9.19. The SMILES string of the molecule is CC(=O)OC/C=C/CN(Cc1ccccc1)C(=O)[C@H](C)NC(=O)OC(C)(C)C. The third-order valence-electron chi connectivity index (χ3n) is 3.51. The van der Waals surface area contributed by atoms with Crippen LogP contribution in [0.1, 0.15) is 40.2 Å². The lowest BCUT2D eigenvalue weighted by Gasteiger charge is -2.26. The molecule has 1 aromatic carbocycles. The Balaban J connectivity index is 2.76. The van der Waals surface area contributed by atoms with E-state index in [0.29, 0.717) is 13.1 Å². The molecule has 1 N–H and O–H groups in total. The quantitative estimate of drug-likeness (QED) is 0.545. The van der Waals surface area contributed by atoms with Crippen LogP contribution in [0.15, 0.2) is 42.5 Å². The van der Waals surface area contributed by atoms with Crippen LogP contribution in [0.4, 0.5) is 4.79 Å². The number of amides is 2. The van der Waals surface area contributed by atoms with Crippen molar-refractivity contribution in [3.8, 4) is 0 Å². The highest BCUT2D eigenvalue weighted by Gasteiger charge is 2.24. The summed E-state index contributed by atoms with van der Waals surface area (Å²) in [4.78, 5) is 37.2. The van der Waals surface area contributed by atoms with Gasteiger partial charge in [-0.05, 0) is 39.3 Å². The predicted octanol–water partition coefficient (Wildman–Crippen LogP) is 3.05. The molecular weight excluding hydrogens is 360 g/mol. The monoisotopic (exact) mass is 390 g/mol. The molecule has 0 radical (unpaired) electrons. The van der Waals surface area contributed by atoms with Gasteiger partial charge in [-0.15, -0.1) is 0 Å². The van der Waals surface area contributed by atoms with Crippen LogP contribution in [0.5, 0.6) is 0 Å². The molecule has 7 nitrogen and oxygen atoms in total. The maximum absolute atomic E-state index is 12.9. The minimum atomic E-state index is -0.750. The van der Waals surface area contributed by atoms with Crippen LogP contribution >= 0.6 is 0 Å². The molecule has 0 spiro atoms. The summed E-state index contributed by atoms with van der Waals surface area (Å²) in [6.07, 6.45) is 2.79. The Morgan fingerprint density at radius 2 is 1.79 bits per heavy atom. The molecule has 0 unspecified atom stereocenters. The first-order chi connectivity index (χ1) is 13.1. The third kappa shape index (κ3) is 9.75. The molecule has 28 heavy (non-hydrogen) atoms. The average molecular weight is 390 g/mol. The second-order valence-corrected chi connectivity index (χ2v) is 7.35. The summed E-state index contributed by atoms with van der Waals surface area (Å²) in [6.45, 7) is 9.08. The second kappa shape index (κ2) is 11.1. The maximum atomic E-state index is 12.9. The van der Waals surface area contributed by atoms with Crippen molar-refractivity contribution in [2.24, 2.45) is 0 Å². The van der Waals surface area contributed by atoms with Crippen LogP contribution in [-0.2, 0) is 25.6 Å². The molecule has 2 amide bonds. The van der Waals surface area contributed by atoms with E-state index in [2.05, 4.69) is 5.32 Å². The molecule has 1 aromatic rings. The summed E-state index contributed by atoms with van der Waals surface area (Å²) in [6, 6.07) is 8.80. The predicted molar refractivity (Wildman–Crippen MR) is 106 cm³/mol. The van der Waals surface area contributed by atoms with E-state index in [1.165, 1.54) is 6.92 Å². The molecule has 0 heterocycles. The molecular formula is C21H30N2O5. The fourth-order valence-corrected chi connectivity index (χ4v) is 2.29. The molecule has 1 atom stereocenters. The number of carbonyl (C=O) groups is 3. The Morgan fingerprint density at radius 3 is 2.36 bits per heavy atom. The zero-order chi connectivity index (χ0) is 21.2. The van der Waals surface area contributed by atoms with Gasteiger partial charge in [0.05, 0.1) is 0 Å². The van der Waals surface area contributed by atoms with Gasteiger partial charge in [0.1, 0.15) is 18.2 Å². The van der Waals surface area contributed by atoms with Gasteiger partial charge in [0, 0.05) is 20.0 Å². The number of esters is 1. The van der Waals surface area contributed by atoms with E-state index < -0.39 is 17.7 Å². The second-order valence-electron chi connectivity index (χ2n) is 7.35. The van der Waals surface area contributed by atoms with Crippen molar-refractivity contribution in [1.82, 2.24) is 10.2 Å². The van der Waals surface area contributed by atoms with Crippen LogP contribution < -0.4 is 5.32 Å². The Bertz CT molecular complexity index is 680. The van der Waals surface area contributed by atoms with Crippen LogP contribution in [0.2, 0.25) is 0 Å². The zero-order valence-corrected chi connectivity index (χ0v) is 17.2. The number of benzene rings is 1. The number of nitrogens with one attached hydrogen (secondary N) is 1. The van der Waals surface area contributed by atoms with Gasteiger partial charge in [0.25, 0.3) is 0 Å². The van der Waals surface area contributed by atoms with Gasteiger partial charge in [-0.2, -0.15) is 0 Å². The summed E-state index contributed by atoms with van der Waals surface area (Å²) in [5, 5.41) is 2.57. The van der Waals surface area contributed by atoms with Crippen molar-refractivity contribution in [3.05, 3.63) is 48.0 Å². The molecule has 154 valence electrons. The normalized spacial score (nSPS) is 12.3. The van der Waals surface area contributed by atoms with E-state index >= 15 is 0 Å². The maximum Gasteiger partial charge on any atom is 0.408 e. The smallest absolute Gasteiger partial charge is 0.408 e. The number of carbonyl (C=O) groups excluding carboxylic acids is 3. The van der Waals surface area contributed by atoms with E-state index in [9.17, 15) is 14.4 Å². The molecule has 0 aliphatic rings. The van der Waals surface area contributed by atoms with Crippen molar-refractivity contribution in [2.45, 2.75) is 52.8 Å². The third-order valence-corrected chi connectivity index (χ3v) is 3.51. The lowest BCUT2D eigenvalue weighted by molar-refractivity contribution is -0.139. The van der Waals surface area contributed by atoms with Gasteiger partial charge in [0.15, 0.2) is 0 Å². The van der Waals surface area contributed by atoms with Gasteiger partial charge in [-0.3, -0.25) is 9.59 Å². The van der Waals surface area contributed by atoms with Gasteiger partial charge in [-0.1, -0.05) is 36.4 Å². The highest BCUT2D eigenvalue weighted by atomic mass is 16.6. The van der Waals surface area contributed by atoms with E-state index in [1.807, 2.05) is 30.3 Å². The Labute approximate surface area is 166 Å². The number of hydrogen-bond acceptors (Lipinski definition) is 5. The molecule has 0 aromatic heterocycles. The molecule has 0 bridgehead atoms. The lowest BCUT2D eigenvalue weighted by Crippen LogP contribution is -2.48. The van der Waals surface area contributed by atoms with E-state index in [0.717, 1.165) is 5.56 Å². The summed E-state index contributed by atoms with van der Waals surface area (Å²) in [5.74, 6) is -0.608. The minimum Gasteiger partial charge on any atom is -0.462 e. The van der Waals surface area contributed by atoms with Crippen molar-refractivity contribution in [3.63, 3.8) is 0 Å². The van der Waals surface area contributed by atoms with Crippen LogP contribution in [0.25, 0.3) is 0 Å². The fraction of sp³-hybridized carbons (Fsp3) is 0.476. The molecule has 1 rings (SSSR count). The lowest BCUT2D eigenvalue weighted by atomic mass is 10.2. The van der Waals surface area contributed by atoms with Gasteiger partial charge < -0.3 is 19.7 Å². The van der Waals surface area contributed by atoms with Crippen molar-refractivity contribution in [2.75, 3.05) is 13.2 Å². The number of hydrogen-bond donors (Lipinski definition) is 1. The number of alkyl carbamates (subject to hydrolysis) is 1. The van der Waals surface area contributed by atoms with E-state index in [4.69, 9.17) is 9.47 Å². The highest BCUT2D eigenvalue weighted by molar-refractivity contribution is 5.85. The molecule has 0 saturated heterocycles. The number of nitrogens with zero attached hydrogens (tertiary/aromatic N) is 1. The first kappa shape index (κ1) is 23.2. The molecule has 0 aliphatic carbocycles. The minimum absolute atomic E-state index is 0.147. The van der Waals surface area contributed by atoms with Crippen molar-refractivity contribution in [1.29, 1.82) is 0 Å². The Hall–Kier alpha value is -2.83. The van der Waals surface area contributed by atoms with Crippen molar-refractivity contribution >= 4 is 18.0 Å². The molecule has 0 aliphatic heterocycles. The van der Waals surface area contributed by atoms with E-state index in [-0.39, 0.29) is 18.5 Å². The van der Waals surface area contributed by atoms with Crippen LogP contribution in [-0.4, -0.2) is 47.7 Å². The molecule has 7 heteroatoms. The summed E-state index contributed by atoms with van der Waals surface area (Å²) in [7, 11) is 0. The molecule has 0 saturated carbocycles. The standard InChI is InChI=1S/C21H30N2O5/c1-16(22-20(26)28-21(3,4)5)19(25)23(13-9-10-14-27-17(2)24)15-18-11-7-6-8-12-18/h6-12,16H,13-15H2,1-5H3,(H,22,26)/b10-9+/t16-/m0/s1. The fourth-order valence-electron chi connectivity index (χ4n) is 2.29. The van der Waals surface area contributed by atoms with Crippen LogP contribution in [0.3, 0.4) is 0 Å². The van der Waals surface area contributed by atoms with Gasteiger partial charge in [0.2, 0.25) is 5.91 Å². The van der Waals surface area contributed by atoms with E-state index in [1.54, 1.807) is 44.7 Å². The highest BCUT2D eigenvalue weighted by Crippen LogP contribution is 2.09. The summed E-state index contributed by atoms with van der Waals surface area (Å²) in [5.41, 5.74) is 0.324. The summed E-state index contributed by atoms with van der Waals surface area (Å²) < 4.78 is 10.1. The zero-order valence-electron chi connectivity index (χ0n) is 17.2. The Kier molecular flexibility index (Phi) is 9.21. The first-order valence-electron chi connectivity index (χ1n) is 9.19. The molecule has 0 fully saturated rings. The number of ether oxygens (including phenoxy) is 2. The Morgan fingerprint density at radius 1 is 1.14 bits per heavy atom. The largest absolute Gasteiger partial charge is 0.462 e.